The van der Waals surface area contributed by atoms with Gasteiger partial charge in [-0.05, 0) is 30.3 Å². The molecule has 0 saturated heterocycles. The third kappa shape index (κ3) is 4.31. The highest BCUT2D eigenvalue weighted by molar-refractivity contribution is 7.92. The van der Waals surface area contributed by atoms with Gasteiger partial charge in [-0.25, -0.2) is 17.2 Å². The molecule has 0 fully saturated rings. The van der Waals surface area contributed by atoms with Crippen LogP contribution in [0, 0.1) is 11.6 Å². The molecule has 0 heterocycles. The smallest absolute Gasteiger partial charge is 0.404 e. The molecule has 0 spiro atoms. The number of hydrogen-bond donors (Lipinski definition) is 1. The summed E-state index contributed by atoms with van der Waals surface area (Å²) in [6.45, 7) is 0. The number of alkyl halides is 3. The molecule has 10 heteroatoms. The van der Waals surface area contributed by atoms with Gasteiger partial charge in [0.15, 0.2) is 17.4 Å². The van der Waals surface area contributed by atoms with E-state index in [9.17, 15) is 30.4 Å². The van der Waals surface area contributed by atoms with E-state index < -0.39 is 44.4 Å². The molecule has 0 amide bonds. The van der Waals surface area contributed by atoms with Crippen molar-refractivity contribution in [3.8, 4) is 5.75 Å². The Morgan fingerprint density at radius 3 is 2.22 bits per heavy atom. The van der Waals surface area contributed by atoms with Crippen LogP contribution in [0.1, 0.15) is 0 Å². The van der Waals surface area contributed by atoms with Crippen LogP contribution >= 0.6 is 0 Å². The van der Waals surface area contributed by atoms with Crippen molar-refractivity contribution in [2.75, 3.05) is 4.72 Å². The Labute approximate surface area is 127 Å². The first-order valence-corrected chi connectivity index (χ1v) is 7.39. The summed E-state index contributed by atoms with van der Waals surface area (Å²) < 4.78 is 92.4. The topological polar surface area (TPSA) is 55.4 Å². The molecular formula is C13H8F5NO3S. The maximum Gasteiger partial charge on any atom is 0.573 e. The van der Waals surface area contributed by atoms with Crippen LogP contribution in [0.2, 0.25) is 0 Å². The highest BCUT2D eigenvalue weighted by Gasteiger charge is 2.32. The van der Waals surface area contributed by atoms with Crippen LogP contribution in [0.25, 0.3) is 0 Å². The van der Waals surface area contributed by atoms with Gasteiger partial charge < -0.3 is 4.74 Å². The second-order valence-corrected chi connectivity index (χ2v) is 5.91. The summed E-state index contributed by atoms with van der Waals surface area (Å²) in [7, 11) is -4.43. The van der Waals surface area contributed by atoms with Gasteiger partial charge in [0.2, 0.25) is 0 Å². The van der Waals surface area contributed by atoms with E-state index in [2.05, 4.69) is 4.74 Å². The van der Waals surface area contributed by atoms with Gasteiger partial charge in [0.05, 0.1) is 10.6 Å². The Kier molecular flexibility index (Phi) is 4.46. The first-order valence-electron chi connectivity index (χ1n) is 5.91. The van der Waals surface area contributed by atoms with E-state index in [0.29, 0.717) is 12.1 Å². The molecule has 0 unspecified atom stereocenters. The van der Waals surface area contributed by atoms with Crippen LogP contribution in [-0.2, 0) is 10.0 Å². The molecule has 124 valence electrons. The van der Waals surface area contributed by atoms with E-state index >= 15 is 0 Å². The van der Waals surface area contributed by atoms with Crippen molar-refractivity contribution in [3.63, 3.8) is 0 Å². The molecule has 23 heavy (non-hydrogen) atoms. The van der Waals surface area contributed by atoms with Crippen LogP contribution in [0.15, 0.2) is 47.4 Å². The van der Waals surface area contributed by atoms with Crippen LogP contribution in [0.5, 0.6) is 5.75 Å². The van der Waals surface area contributed by atoms with E-state index in [0.717, 1.165) is 18.2 Å². The number of benzene rings is 2. The summed E-state index contributed by atoms with van der Waals surface area (Å²) in [5.74, 6) is -3.45. The van der Waals surface area contributed by atoms with E-state index in [-0.39, 0.29) is 0 Å². The third-order valence-electron chi connectivity index (χ3n) is 2.56. The fourth-order valence-electron chi connectivity index (χ4n) is 1.61. The number of rotatable bonds is 4. The van der Waals surface area contributed by atoms with Crippen LogP contribution in [0.3, 0.4) is 0 Å². The number of hydrogen-bond acceptors (Lipinski definition) is 3. The quantitative estimate of drug-likeness (QED) is 0.854. The normalized spacial score (nSPS) is 12.0. The lowest BCUT2D eigenvalue weighted by Crippen LogP contribution is -2.20. The summed E-state index contributed by atoms with van der Waals surface area (Å²) >= 11 is 0. The van der Waals surface area contributed by atoms with Gasteiger partial charge in [0.1, 0.15) is 0 Å². The van der Waals surface area contributed by atoms with Gasteiger partial charge in [-0.15, -0.1) is 13.2 Å². The van der Waals surface area contributed by atoms with Crippen molar-refractivity contribution in [2.24, 2.45) is 0 Å². The zero-order valence-corrected chi connectivity index (χ0v) is 11.9. The lowest BCUT2D eigenvalue weighted by Gasteiger charge is -2.14. The number of halogens is 5. The predicted molar refractivity (Wildman–Crippen MR) is 70.3 cm³/mol. The molecule has 0 saturated carbocycles. The summed E-state index contributed by atoms with van der Waals surface area (Å²) in [5.41, 5.74) is -0.505. The number of anilines is 1. The minimum absolute atomic E-state index is 0.408. The van der Waals surface area contributed by atoms with E-state index in [4.69, 9.17) is 0 Å². The van der Waals surface area contributed by atoms with Crippen molar-refractivity contribution in [3.05, 3.63) is 54.1 Å². The van der Waals surface area contributed by atoms with E-state index in [1.807, 2.05) is 4.72 Å². The largest absolute Gasteiger partial charge is 0.573 e. The van der Waals surface area contributed by atoms with Gasteiger partial charge in [-0.1, -0.05) is 12.1 Å². The van der Waals surface area contributed by atoms with Crippen molar-refractivity contribution in [2.45, 2.75) is 11.3 Å². The van der Waals surface area contributed by atoms with Gasteiger partial charge in [-0.2, -0.15) is 0 Å². The molecule has 0 aliphatic carbocycles. The van der Waals surface area contributed by atoms with Gasteiger partial charge >= 0.3 is 6.36 Å². The first kappa shape index (κ1) is 17.0. The predicted octanol–water partition coefficient (Wildman–Crippen LogP) is 3.66. The summed E-state index contributed by atoms with van der Waals surface area (Å²) in [5, 5.41) is 0. The summed E-state index contributed by atoms with van der Waals surface area (Å²) in [6, 6.07) is 6.17. The van der Waals surface area contributed by atoms with E-state index in [1.54, 1.807) is 0 Å². The molecule has 0 aliphatic heterocycles. The number of nitrogens with one attached hydrogen (secondary N) is 1. The Morgan fingerprint density at radius 2 is 1.61 bits per heavy atom. The van der Waals surface area contributed by atoms with Crippen LogP contribution < -0.4 is 9.46 Å². The minimum atomic E-state index is -5.02. The van der Waals surface area contributed by atoms with Gasteiger partial charge in [0, 0.05) is 0 Å². The molecule has 0 aromatic heterocycles. The van der Waals surface area contributed by atoms with Crippen molar-refractivity contribution in [1.82, 2.24) is 0 Å². The fraction of sp³-hybridized carbons (Fsp3) is 0.0769. The fourth-order valence-corrected chi connectivity index (χ4v) is 2.69. The van der Waals surface area contributed by atoms with Crippen LogP contribution in [0.4, 0.5) is 27.6 Å². The summed E-state index contributed by atoms with van der Waals surface area (Å²) in [4.78, 5) is -0.654. The van der Waals surface area contributed by atoms with Gasteiger partial charge in [0.25, 0.3) is 10.0 Å². The lowest BCUT2D eigenvalue weighted by molar-refractivity contribution is -0.274. The van der Waals surface area contributed by atoms with Crippen LogP contribution in [-0.4, -0.2) is 14.8 Å². The number of ether oxygens (including phenoxy) is 1. The second kappa shape index (κ2) is 6.03. The molecule has 0 aliphatic rings. The Balaban J connectivity index is 2.36. The number of para-hydroxylation sites is 2. The third-order valence-corrected chi connectivity index (χ3v) is 3.92. The summed E-state index contributed by atoms with van der Waals surface area (Å²) in [6.07, 6.45) is -5.02. The average Bonchev–Trinajstić information content (AvgIpc) is 2.42. The monoisotopic (exact) mass is 353 g/mol. The van der Waals surface area contributed by atoms with Crippen molar-refractivity contribution >= 4 is 15.7 Å². The second-order valence-electron chi connectivity index (χ2n) is 4.23. The molecule has 0 radical (unpaired) electrons. The zero-order valence-electron chi connectivity index (χ0n) is 11.1. The standard InChI is InChI=1S/C13H8F5NO3S/c14-9-6-5-8(7-10(9)15)23(20,21)19-11-3-1-2-4-12(11)22-13(16,17)18/h1-7,19H. The molecule has 0 bridgehead atoms. The van der Waals surface area contributed by atoms with Gasteiger partial charge in [-0.3, -0.25) is 4.72 Å². The lowest BCUT2D eigenvalue weighted by atomic mass is 10.3. The highest BCUT2D eigenvalue weighted by atomic mass is 32.2. The number of sulfonamides is 1. The SMILES string of the molecule is O=S(=O)(Nc1ccccc1OC(F)(F)F)c1ccc(F)c(F)c1. The molecular weight excluding hydrogens is 345 g/mol. The van der Waals surface area contributed by atoms with E-state index in [1.165, 1.54) is 12.1 Å². The molecule has 2 aromatic rings. The first-order chi connectivity index (χ1) is 10.6. The maximum absolute atomic E-state index is 13.1. The molecule has 2 rings (SSSR count). The molecule has 0 atom stereocenters. The maximum atomic E-state index is 13.1. The van der Waals surface area contributed by atoms with Crippen molar-refractivity contribution < 1.29 is 35.1 Å². The zero-order chi connectivity index (χ0) is 17.3. The molecule has 4 nitrogen and oxygen atoms in total. The van der Waals surface area contributed by atoms with Crippen molar-refractivity contribution in [1.29, 1.82) is 0 Å². The molecule has 1 N–H and O–H groups in total. The minimum Gasteiger partial charge on any atom is -0.404 e. The Hall–Kier alpha value is -2.36. The highest BCUT2D eigenvalue weighted by Crippen LogP contribution is 2.31. The molecule has 2 aromatic carbocycles. The average molecular weight is 353 g/mol. The Bertz CT molecular complexity index is 821. The Morgan fingerprint density at radius 1 is 0.957 bits per heavy atom.